The second-order valence-corrected chi connectivity index (χ2v) is 16.1. The molecule has 4 aliphatic rings. The topological polar surface area (TPSA) is 156 Å². The van der Waals surface area contributed by atoms with E-state index in [1.807, 2.05) is 56.3 Å². The van der Waals surface area contributed by atoms with Crippen molar-refractivity contribution in [1.82, 2.24) is 20.3 Å². The number of aromatic nitrogens is 3. The van der Waals surface area contributed by atoms with Crippen molar-refractivity contribution in [3.8, 4) is 39.8 Å². The fourth-order valence-electron chi connectivity index (χ4n) is 8.81. The van der Waals surface area contributed by atoms with Crippen molar-refractivity contribution in [1.29, 1.82) is 0 Å². The predicted molar refractivity (Wildman–Crippen MR) is 202 cm³/mol. The maximum Gasteiger partial charge on any atom is 0.250 e. The molecule has 0 fully saturated rings. The zero-order valence-electron chi connectivity index (χ0n) is 29.7. The lowest BCUT2D eigenvalue weighted by atomic mass is 9.72. The van der Waals surface area contributed by atoms with Gasteiger partial charge in [0.15, 0.2) is 34.4 Å². The van der Waals surface area contributed by atoms with Crippen LogP contribution in [0.5, 0.6) is 5.75 Å². The lowest BCUT2D eigenvalue weighted by molar-refractivity contribution is -0.135. The molecule has 1 spiro atoms. The van der Waals surface area contributed by atoms with Gasteiger partial charge in [0.25, 0.3) is 5.89 Å². The first kappa shape index (κ1) is 33.5. The van der Waals surface area contributed by atoms with Crippen LogP contribution in [0.4, 0.5) is 5.69 Å². The largest absolute Gasteiger partial charge is 0.469 e. The number of ether oxygens (including phenoxy) is 1. The number of carbonyl (C=O) groups is 2. The van der Waals surface area contributed by atoms with Crippen molar-refractivity contribution in [3.63, 3.8) is 0 Å². The Kier molecular flexibility index (Phi) is 7.25. The number of aliphatic hydroxyl groups excluding tert-OH is 1. The van der Waals surface area contributed by atoms with Gasteiger partial charge < -0.3 is 34.3 Å². The molecule has 10 rings (SSSR count). The van der Waals surface area contributed by atoms with Gasteiger partial charge >= 0.3 is 0 Å². The Balaban J connectivity index is 1.30. The van der Waals surface area contributed by atoms with Crippen LogP contribution in [0.3, 0.4) is 0 Å². The molecule has 0 saturated heterocycles. The fraction of sp³-hybridized carbons (Fsp3) is 0.317. The Bertz CT molecular complexity index is 2590. The number of para-hydroxylation sites is 1. The smallest absolute Gasteiger partial charge is 0.250 e. The SMILES string of the molecule is CC(C)[C@H](O)C(=O)CC1Cc2ccc3c(c2)[C@]24c5cccc(c5NC2O3)-c2cccc3[nH]c(Cl)c(c23)-c2oc(nc2Cl)-c2nc(oc24)[C@H](C(C)C)NC1=O. The van der Waals surface area contributed by atoms with Gasteiger partial charge in [-0.1, -0.05) is 93.4 Å². The van der Waals surface area contributed by atoms with E-state index in [4.69, 9.17) is 46.7 Å². The number of aliphatic hydroxyl groups is 1. The summed E-state index contributed by atoms with van der Waals surface area (Å²) in [7, 11) is 0. The third kappa shape index (κ3) is 4.52. The summed E-state index contributed by atoms with van der Waals surface area (Å²) in [4.78, 5) is 40.7. The van der Waals surface area contributed by atoms with Crippen LogP contribution in [0.2, 0.25) is 10.3 Å². The number of Topliss-reactive ketones (excluding diaryl/α,β-unsaturated/α-hetero) is 1. The number of hydrogen-bond acceptors (Lipinski definition) is 9. The standard InChI is InChI=1S/C41H35Cl2N5O6/c1-16(2)29-38-46-31-34(54-38)41-22-9-5-8-21(20-7-6-10-24-27(20)28(35(42)44-24)33-36(43)48-39(31)53-33)30(22)47-40(41)52-26-12-11-18(14-23(26)41)13-19(37(51)45-29)15-25(49)32(50)17(3)4/h5-12,14,16-17,19,29,32,40,44,47,50H,13,15H2,1-4H3,(H,45,51)/t19?,29-,32-,40?,41-/m0/s1. The van der Waals surface area contributed by atoms with Crippen LogP contribution in [0, 0.1) is 17.8 Å². The van der Waals surface area contributed by atoms with Gasteiger partial charge in [-0.3, -0.25) is 9.59 Å². The van der Waals surface area contributed by atoms with Gasteiger partial charge in [0.2, 0.25) is 11.8 Å². The zero-order valence-corrected chi connectivity index (χ0v) is 31.2. The van der Waals surface area contributed by atoms with Crippen LogP contribution in [-0.2, 0) is 21.4 Å². The van der Waals surface area contributed by atoms with Gasteiger partial charge in [0.05, 0.1) is 5.56 Å². The maximum atomic E-state index is 14.3. The van der Waals surface area contributed by atoms with E-state index in [-0.39, 0.29) is 59.1 Å². The summed E-state index contributed by atoms with van der Waals surface area (Å²) in [6.07, 6.45) is -1.77. The van der Waals surface area contributed by atoms with E-state index in [1.54, 1.807) is 13.8 Å². The second-order valence-electron chi connectivity index (χ2n) is 15.4. The molecule has 11 nitrogen and oxygen atoms in total. The van der Waals surface area contributed by atoms with Crippen LogP contribution in [0.25, 0.3) is 44.9 Å². The number of H-pyrrole nitrogens is 1. The molecule has 2 unspecified atom stereocenters. The molecule has 0 radical (unpaired) electrons. The Morgan fingerprint density at radius 3 is 2.59 bits per heavy atom. The predicted octanol–water partition coefficient (Wildman–Crippen LogP) is 8.21. The van der Waals surface area contributed by atoms with Crippen LogP contribution >= 0.6 is 23.2 Å². The third-order valence-electron chi connectivity index (χ3n) is 11.4. The van der Waals surface area contributed by atoms with Gasteiger partial charge in [-0.15, -0.1) is 0 Å². The number of ketones is 1. The molecule has 10 bridgehead atoms. The van der Waals surface area contributed by atoms with Gasteiger partial charge in [-0.05, 0) is 41.5 Å². The molecule has 0 saturated carbocycles. The molecule has 5 atom stereocenters. The number of hydrogen-bond donors (Lipinski definition) is 4. The number of anilines is 1. The molecule has 3 aromatic heterocycles. The number of benzene rings is 3. The summed E-state index contributed by atoms with van der Waals surface area (Å²) < 4.78 is 20.4. The number of nitrogens with one attached hydrogen (secondary N) is 3. The monoisotopic (exact) mass is 763 g/mol. The summed E-state index contributed by atoms with van der Waals surface area (Å²) in [5.41, 5.74) is 5.68. The average molecular weight is 765 g/mol. The average Bonchev–Trinajstić information content (AvgIpc) is 3.94. The highest BCUT2D eigenvalue weighted by Gasteiger charge is 2.61. The van der Waals surface area contributed by atoms with Crippen molar-refractivity contribution in [2.45, 2.75) is 64.3 Å². The summed E-state index contributed by atoms with van der Waals surface area (Å²) >= 11 is 13.9. The van der Waals surface area contributed by atoms with E-state index >= 15 is 0 Å². The van der Waals surface area contributed by atoms with E-state index in [9.17, 15) is 14.7 Å². The van der Waals surface area contributed by atoms with E-state index < -0.39 is 29.7 Å². The number of fused-ring (bicyclic) bond motifs is 7. The van der Waals surface area contributed by atoms with Crippen LogP contribution in [0.1, 0.15) is 68.5 Å². The highest BCUT2D eigenvalue weighted by molar-refractivity contribution is 6.37. The Morgan fingerprint density at radius 1 is 1.00 bits per heavy atom. The summed E-state index contributed by atoms with van der Waals surface area (Å²) in [5, 5.41) is 18.8. The van der Waals surface area contributed by atoms with Crippen LogP contribution in [0.15, 0.2) is 63.4 Å². The number of halogens is 2. The number of amides is 1. The molecular formula is C41H35Cl2N5O6. The number of carbonyl (C=O) groups excluding carboxylic acids is 2. The number of rotatable bonds is 5. The van der Waals surface area contributed by atoms with Crippen molar-refractivity contribution in [3.05, 3.63) is 93.2 Å². The molecule has 7 heterocycles. The highest BCUT2D eigenvalue weighted by Crippen LogP contribution is 2.62. The molecule has 6 aromatic rings. The van der Waals surface area contributed by atoms with Gasteiger partial charge in [-0.25, -0.2) is 4.98 Å². The van der Waals surface area contributed by atoms with Gasteiger partial charge in [0, 0.05) is 45.6 Å². The van der Waals surface area contributed by atoms with E-state index in [0.717, 1.165) is 44.4 Å². The van der Waals surface area contributed by atoms with Gasteiger partial charge in [-0.2, -0.15) is 4.98 Å². The maximum absolute atomic E-state index is 14.3. The van der Waals surface area contributed by atoms with Crippen molar-refractivity contribution in [2.24, 2.45) is 17.8 Å². The first-order valence-electron chi connectivity index (χ1n) is 18.2. The van der Waals surface area contributed by atoms with Crippen LogP contribution < -0.4 is 15.4 Å². The third-order valence-corrected chi connectivity index (χ3v) is 12.0. The summed E-state index contributed by atoms with van der Waals surface area (Å²) in [6, 6.07) is 17.2. The number of oxazole rings is 2. The normalized spacial score (nSPS) is 22.3. The highest BCUT2D eigenvalue weighted by atomic mass is 35.5. The minimum Gasteiger partial charge on any atom is -0.469 e. The molecule has 0 aliphatic carbocycles. The van der Waals surface area contributed by atoms with Gasteiger partial charge in [0.1, 0.15) is 28.5 Å². The molecular weight excluding hydrogens is 729 g/mol. The fourth-order valence-corrected chi connectivity index (χ4v) is 9.30. The van der Waals surface area contributed by atoms with Crippen molar-refractivity contribution < 1.29 is 28.3 Å². The molecule has 3 aromatic carbocycles. The first-order valence-corrected chi connectivity index (χ1v) is 18.9. The molecule has 54 heavy (non-hydrogen) atoms. The first-order chi connectivity index (χ1) is 25.9. The lowest BCUT2D eigenvalue weighted by Gasteiger charge is -2.28. The number of nitrogens with zero attached hydrogens (tertiary/aromatic N) is 2. The Morgan fingerprint density at radius 2 is 1.80 bits per heavy atom. The molecule has 274 valence electrons. The Hall–Kier alpha value is -5.10. The number of aromatic amines is 1. The second kappa shape index (κ2) is 11.7. The van der Waals surface area contributed by atoms with Crippen molar-refractivity contribution in [2.75, 3.05) is 5.32 Å². The minimum absolute atomic E-state index is 0.0955. The summed E-state index contributed by atoms with van der Waals surface area (Å²) in [6.45, 7) is 7.48. The molecule has 1 amide bonds. The summed E-state index contributed by atoms with van der Waals surface area (Å²) in [5.74, 6) is -0.343. The van der Waals surface area contributed by atoms with E-state index in [1.165, 1.54) is 0 Å². The minimum atomic E-state index is -1.19. The molecule has 4 N–H and O–H groups in total. The van der Waals surface area contributed by atoms with Crippen LogP contribution in [-0.4, -0.2) is 44.1 Å². The quantitative estimate of drug-likeness (QED) is 0.136. The van der Waals surface area contributed by atoms with Crippen molar-refractivity contribution >= 4 is 51.5 Å². The Labute approximate surface area is 319 Å². The van der Waals surface area contributed by atoms with E-state index in [2.05, 4.69) is 27.8 Å². The lowest BCUT2D eigenvalue weighted by Crippen LogP contribution is -2.41. The zero-order chi connectivity index (χ0) is 37.4. The molecule has 13 heteroatoms. The van der Waals surface area contributed by atoms with E-state index in [0.29, 0.717) is 27.9 Å². The molecule has 4 aliphatic heterocycles.